The summed E-state index contributed by atoms with van der Waals surface area (Å²) >= 11 is 0. The van der Waals surface area contributed by atoms with E-state index in [1.165, 1.54) is 6.20 Å². The molecule has 1 heterocycles. The third kappa shape index (κ3) is 4.12. The molecule has 4 N–H and O–H groups in total. The molecule has 0 fully saturated rings. The molecular weight excluding hydrogens is 192 g/mol. The fraction of sp³-hybridized carbons (Fsp3) is 0.600. The molecule has 1 atom stereocenters. The van der Waals surface area contributed by atoms with Gasteiger partial charge in [0.05, 0.1) is 25.0 Å². The number of nitrogens with zero attached hydrogens (tertiary/aromatic N) is 2. The van der Waals surface area contributed by atoms with Gasteiger partial charge in [-0.1, -0.05) is 13.8 Å². The molecule has 5 nitrogen and oxygen atoms in total. The van der Waals surface area contributed by atoms with Crippen LogP contribution in [0, 0.1) is 5.92 Å². The minimum atomic E-state index is 0.00102. The van der Waals surface area contributed by atoms with Crippen molar-refractivity contribution in [1.82, 2.24) is 9.97 Å². The standard InChI is InChI=1S/C10H18N4O/c1-7(2)3-8(6-15)13-10-5-12-4-9(11)14-10/h4-5,7-8,15H,3,6H2,1-2H3,(H3,11,13,14). The molecule has 1 aromatic heterocycles. The zero-order chi connectivity index (χ0) is 11.3. The maximum atomic E-state index is 9.16. The molecular formula is C10H18N4O. The van der Waals surface area contributed by atoms with Crippen molar-refractivity contribution in [3.8, 4) is 0 Å². The molecule has 0 bridgehead atoms. The molecule has 1 rings (SSSR count). The second-order valence-corrected chi connectivity index (χ2v) is 3.98. The van der Waals surface area contributed by atoms with Gasteiger partial charge in [0.25, 0.3) is 0 Å². The Bertz CT molecular complexity index is 303. The summed E-state index contributed by atoms with van der Waals surface area (Å²) in [6.45, 7) is 4.29. The Hall–Kier alpha value is -1.36. The second kappa shape index (κ2) is 5.50. The summed E-state index contributed by atoms with van der Waals surface area (Å²) in [7, 11) is 0. The first-order valence-electron chi connectivity index (χ1n) is 5.06. The quantitative estimate of drug-likeness (QED) is 0.671. The van der Waals surface area contributed by atoms with Crippen LogP contribution in [0.2, 0.25) is 0 Å². The number of rotatable bonds is 5. The Morgan fingerprint density at radius 2 is 2.20 bits per heavy atom. The first kappa shape index (κ1) is 11.7. The zero-order valence-electron chi connectivity index (χ0n) is 9.14. The van der Waals surface area contributed by atoms with Crippen molar-refractivity contribution in [2.24, 2.45) is 5.92 Å². The van der Waals surface area contributed by atoms with E-state index in [9.17, 15) is 0 Å². The van der Waals surface area contributed by atoms with Crippen molar-refractivity contribution in [1.29, 1.82) is 0 Å². The second-order valence-electron chi connectivity index (χ2n) is 3.98. The van der Waals surface area contributed by atoms with Crippen LogP contribution in [0.3, 0.4) is 0 Å². The monoisotopic (exact) mass is 210 g/mol. The highest BCUT2D eigenvalue weighted by molar-refractivity contribution is 5.39. The minimum Gasteiger partial charge on any atom is -0.394 e. The van der Waals surface area contributed by atoms with Crippen LogP contribution in [0.1, 0.15) is 20.3 Å². The Morgan fingerprint density at radius 1 is 1.47 bits per heavy atom. The summed E-state index contributed by atoms with van der Waals surface area (Å²) in [5.41, 5.74) is 5.50. The van der Waals surface area contributed by atoms with Gasteiger partial charge in [-0.3, -0.25) is 4.98 Å². The lowest BCUT2D eigenvalue weighted by atomic mass is 10.0. The SMILES string of the molecule is CC(C)CC(CO)Nc1cncc(N)n1. The molecule has 84 valence electrons. The van der Waals surface area contributed by atoms with Gasteiger partial charge in [0, 0.05) is 0 Å². The predicted octanol–water partition coefficient (Wildman–Crippen LogP) is 0.878. The van der Waals surface area contributed by atoms with E-state index in [2.05, 4.69) is 29.1 Å². The number of aromatic nitrogens is 2. The predicted molar refractivity (Wildman–Crippen MR) is 60.4 cm³/mol. The molecule has 1 aromatic rings. The fourth-order valence-electron chi connectivity index (χ4n) is 1.41. The molecule has 1 unspecified atom stereocenters. The van der Waals surface area contributed by atoms with Crippen molar-refractivity contribution in [2.75, 3.05) is 17.7 Å². The smallest absolute Gasteiger partial charge is 0.147 e. The lowest BCUT2D eigenvalue weighted by molar-refractivity contribution is 0.259. The van der Waals surface area contributed by atoms with Gasteiger partial charge in [-0.05, 0) is 12.3 Å². The summed E-state index contributed by atoms with van der Waals surface area (Å²) in [6, 6.07) is 0.00102. The highest BCUT2D eigenvalue weighted by Gasteiger charge is 2.10. The summed E-state index contributed by atoms with van der Waals surface area (Å²) in [6.07, 6.45) is 3.97. The van der Waals surface area contributed by atoms with Gasteiger partial charge in [-0.25, -0.2) is 4.98 Å². The van der Waals surface area contributed by atoms with Crippen molar-refractivity contribution in [3.05, 3.63) is 12.4 Å². The maximum Gasteiger partial charge on any atom is 0.147 e. The number of hydrogen-bond acceptors (Lipinski definition) is 5. The van der Waals surface area contributed by atoms with Crippen molar-refractivity contribution >= 4 is 11.6 Å². The third-order valence-electron chi connectivity index (χ3n) is 1.98. The van der Waals surface area contributed by atoms with Crippen LogP contribution in [0.25, 0.3) is 0 Å². The Kier molecular flexibility index (Phi) is 4.30. The average molecular weight is 210 g/mol. The highest BCUT2D eigenvalue weighted by Crippen LogP contribution is 2.10. The molecule has 0 saturated heterocycles. The third-order valence-corrected chi connectivity index (χ3v) is 1.98. The van der Waals surface area contributed by atoms with Crippen molar-refractivity contribution in [2.45, 2.75) is 26.3 Å². The molecule has 15 heavy (non-hydrogen) atoms. The summed E-state index contributed by atoms with van der Waals surface area (Å²) < 4.78 is 0. The van der Waals surface area contributed by atoms with Crippen LogP contribution < -0.4 is 11.1 Å². The molecule has 0 saturated carbocycles. The lowest BCUT2D eigenvalue weighted by Crippen LogP contribution is -2.26. The van der Waals surface area contributed by atoms with Crippen LogP contribution >= 0.6 is 0 Å². The van der Waals surface area contributed by atoms with E-state index in [0.29, 0.717) is 17.6 Å². The topological polar surface area (TPSA) is 84.1 Å². The van der Waals surface area contributed by atoms with Gasteiger partial charge < -0.3 is 16.2 Å². The van der Waals surface area contributed by atoms with Gasteiger partial charge in [0.1, 0.15) is 11.6 Å². The Balaban J connectivity index is 2.58. The Labute approximate surface area is 89.7 Å². The number of nitrogens with two attached hydrogens (primary N) is 1. The molecule has 0 aromatic carbocycles. The molecule has 0 aliphatic rings. The van der Waals surface area contributed by atoms with Crippen LogP contribution in [-0.2, 0) is 0 Å². The highest BCUT2D eigenvalue weighted by atomic mass is 16.3. The summed E-state index contributed by atoms with van der Waals surface area (Å²) in [5, 5.41) is 12.3. The van der Waals surface area contributed by atoms with E-state index < -0.39 is 0 Å². The van der Waals surface area contributed by atoms with Gasteiger partial charge in [-0.2, -0.15) is 0 Å². The average Bonchev–Trinajstić information content (AvgIpc) is 2.16. The summed E-state index contributed by atoms with van der Waals surface area (Å²) in [5.74, 6) is 1.50. The molecule has 5 heteroatoms. The first-order chi connectivity index (χ1) is 7.11. The molecule has 0 spiro atoms. The van der Waals surface area contributed by atoms with Gasteiger partial charge in [0.2, 0.25) is 0 Å². The molecule has 0 radical (unpaired) electrons. The number of nitrogens with one attached hydrogen (secondary N) is 1. The van der Waals surface area contributed by atoms with E-state index in [1.54, 1.807) is 6.20 Å². The van der Waals surface area contributed by atoms with E-state index in [4.69, 9.17) is 10.8 Å². The van der Waals surface area contributed by atoms with Crippen LogP contribution in [0.5, 0.6) is 0 Å². The van der Waals surface area contributed by atoms with Crippen LogP contribution in [0.15, 0.2) is 12.4 Å². The van der Waals surface area contributed by atoms with Gasteiger partial charge >= 0.3 is 0 Å². The largest absolute Gasteiger partial charge is 0.394 e. The number of aliphatic hydroxyl groups is 1. The van der Waals surface area contributed by atoms with E-state index in [0.717, 1.165) is 6.42 Å². The fourth-order valence-corrected chi connectivity index (χ4v) is 1.41. The zero-order valence-corrected chi connectivity index (χ0v) is 9.14. The van der Waals surface area contributed by atoms with Gasteiger partial charge in [0.15, 0.2) is 0 Å². The van der Waals surface area contributed by atoms with Crippen molar-refractivity contribution < 1.29 is 5.11 Å². The van der Waals surface area contributed by atoms with E-state index in [1.807, 2.05) is 0 Å². The minimum absolute atomic E-state index is 0.00102. The van der Waals surface area contributed by atoms with Crippen molar-refractivity contribution in [3.63, 3.8) is 0 Å². The van der Waals surface area contributed by atoms with Crippen LogP contribution in [-0.4, -0.2) is 27.7 Å². The van der Waals surface area contributed by atoms with E-state index >= 15 is 0 Å². The van der Waals surface area contributed by atoms with Gasteiger partial charge in [-0.15, -0.1) is 0 Å². The maximum absolute atomic E-state index is 9.16. The van der Waals surface area contributed by atoms with E-state index in [-0.39, 0.29) is 12.6 Å². The Morgan fingerprint density at radius 3 is 2.73 bits per heavy atom. The normalized spacial score (nSPS) is 12.8. The number of hydrogen-bond donors (Lipinski definition) is 3. The summed E-state index contributed by atoms with van der Waals surface area (Å²) in [4.78, 5) is 7.98. The number of anilines is 2. The molecule has 0 amide bonds. The van der Waals surface area contributed by atoms with Crippen LogP contribution in [0.4, 0.5) is 11.6 Å². The number of aliphatic hydroxyl groups excluding tert-OH is 1. The molecule has 0 aliphatic heterocycles. The first-order valence-corrected chi connectivity index (χ1v) is 5.06. The number of nitrogen functional groups attached to an aromatic ring is 1. The molecule has 0 aliphatic carbocycles. The lowest BCUT2D eigenvalue weighted by Gasteiger charge is -2.18.